The van der Waals surface area contributed by atoms with Crippen molar-refractivity contribution < 1.29 is 0 Å². The summed E-state index contributed by atoms with van der Waals surface area (Å²) in [6.07, 6.45) is 4.29. The molecule has 0 aromatic carbocycles. The fourth-order valence-corrected chi connectivity index (χ4v) is 2.41. The Morgan fingerprint density at radius 3 is 2.79 bits per heavy atom. The smallest absolute Gasteiger partial charge is 0.127 e. The van der Waals surface area contributed by atoms with Crippen LogP contribution in [0.5, 0.6) is 0 Å². The maximum absolute atomic E-state index is 6.32. The molecule has 7 heteroatoms. The van der Waals surface area contributed by atoms with Crippen LogP contribution in [0.1, 0.15) is 30.2 Å². The van der Waals surface area contributed by atoms with Gasteiger partial charge in [-0.2, -0.15) is 5.10 Å². The highest BCUT2D eigenvalue weighted by Crippen LogP contribution is 2.25. The summed E-state index contributed by atoms with van der Waals surface area (Å²) in [6.45, 7) is 4.72. The quantitative estimate of drug-likeness (QED) is 0.641. The van der Waals surface area contributed by atoms with Crippen LogP contribution in [-0.4, -0.2) is 19.3 Å². The standard InChI is InChI=1S/C12H19ClN6/c1-4-19-10(11(13)8(2)17-19)7-9(16-14)12-15-5-6-18(12)3/h5-6,9,16H,4,7,14H2,1-3H3. The summed E-state index contributed by atoms with van der Waals surface area (Å²) in [6, 6.07) is -0.0982. The van der Waals surface area contributed by atoms with Gasteiger partial charge in [0.2, 0.25) is 0 Å². The molecule has 6 nitrogen and oxygen atoms in total. The van der Waals surface area contributed by atoms with Crippen LogP contribution in [-0.2, 0) is 20.0 Å². The molecule has 1 atom stereocenters. The van der Waals surface area contributed by atoms with Crippen molar-refractivity contribution in [2.24, 2.45) is 12.9 Å². The molecule has 1 unspecified atom stereocenters. The SMILES string of the molecule is CCn1nc(C)c(Cl)c1CC(NN)c1nccn1C. The molecule has 2 aromatic heterocycles. The van der Waals surface area contributed by atoms with E-state index in [9.17, 15) is 0 Å². The van der Waals surface area contributed by atoms with Crippen LogP contribution in [0.3, 0.4) is 0 Å². The van der Waals surface area contributed by atoms with Crippen LogP contribution in [0.2, 0.25) is 5.02 Å². The number of nitrogens with one attached hydrogen (secondary N) is 1. The van der Waals surface area contributed by atoms with Gasteiger partial charge in [0.25, 0.3) is 0 Å². The lowest BCUT2D eigenvalue weighted by molar-refractivity contribution is 0.484. The van der Waals surface area contributed by atoms with E-state index in [0.717, 1.165) is 23.8 Å². The van der Waals surface area contributed by atoms with Crippen LogP contribution in [0.4, 0.5) is 0 Å². The minimum Gasteiger partial charge on any atom is -0.337 e. The number of nitrogens with zero attached hydrogens (tertiary/aromatic N) is 4. The molecule has 0 saturated heterocycles. The summed E-state index contributed by atoms with van der Waals surface area (Å²) in [5, 5.41) is 5.11. The topological polar surface area (TPSA) is 73.7 Å². The van der Waals surface area contributed by atoms with Crippen molar-refractivity contribution in [3.05, 3.63) is 34.6 Å². The number of aryl methyl sites for hydroxylation is 3. The molecule has 3 N–H and O–H groups in total. The van der Waals surface area contributed by atoms with Crippen LogP contribution in [0.25, 0.3) is 0 Å². The number of imidazole rings is 1. The Morgan fingerprint density at radius 1 is 1.53 bits per heavy atom. The first-order valence-electron chi connectivity index (χ1n) is 6.23. The van der Waals surface area contributed by atoms with Gasteiger partial charge in [0.15, 0.2) is 0 Å². The molecule has 0 fully saturated rings. The van der Waals surface area contributed by atoms with Crippen LogP contribution in [0, 0.1) is 6.92 Å². The highest BCUT2D eigenvalue weighted by Gasteiger charge is 2.20. The third kappa shape index (κ3) is 2.65. The highest BCUT2D eigenvalue weighted by atomic mass is 35.5. The van der Waals surface area contributed by atoms with Gasteiger partial charge in [-0.15, -0.1) is 0 Å². The van der Waals surface area contributed by atoms with Crippen molar-refractivity contribution in [3.63, 3.8) is 0 Å². The lowest BCUT2D eigenvalue weighted by Crippen LogP contribution is -2.32. The minimum atomic E-state index is -0.0982. The Morgan fingerprint density at radius 2 is 2.26 bits per heavy atom. The van der Waals surface area contributed by atoms with Crippen LogP contribution in [0.15, 0.2) is 12.4 Å². The predicted octanol–water partition coefficient (Wildman–Crippen LogP) is 1.35. The second kappa shape index (κ2) is 5.73. The molecule has 2 heterocycles. The van der Waals surface area contributed by atoms with Crippen molar-refractivity contribution in [2.75, 3.05) is 0 Å². The van der Waals surface area contributed by atoms with Gasteiger partial charge in [-0.1, -0.05) is 11.6 Å². The average molecular weight is 283 g/mol. The molecule has 0 spiro atoms. The van der Waals surface area contributed by atoms with Gasteiger partial charge in [-0.05, 0) is 13.8 Å². The van der Waals surface area contributed by atoms with Crippen molar-refractivity contribution in [2.45, 2.75) is 32.9 Å². The van der Waals surface area contributed by atoms with E-state index in [1.165, 1.54) is 0 Å². The van der Waals surface area contributed by atoms with E-state index in [1.54, 1.807) is 6.20 Å². The Hall–Kier alpha value is -1.37. The summed E-state index contributed by atoms with van der Waals surface area (Å²) >= 11 is 6.32. The molecular weight excluding hydrogens is 264 g/mol. The van der Waals surface area contributed by atoms with E-state index >= 15 is 0 Å². The monoisotopic (exact) mass is 282 g/mol. The largest absolute Gasteiger partial charge is 0.337 e. The van der Waals surface area contributed by atoms with Gasteiger partial charge in [0, 0.05) is 32.4 Å². The molecule has 0 radical (unpaired) electrons. The number of nitrogens with two attached hydrogens (primary N) is 1. The zero-order valence-corrected chi connectivity index (χ0v) is 12.1. The Bertz CT molecular complexity index is 559. The molecule has 0 aliphatic rings. The van der Waals surface area contributed by atoms with E-state index in [1.807, 2.05) is 36.3 Å². The van der Waals surface area contributed by atoms with E-state index in [2.05, 4.69) is 15.5 Å². The van der Waals surface area contributed by atoms with Gasteiger partial charge in [0.1, 0.15) is 5.82 Å². The van der Waals surface area contributed by atoms with E-state index in [-0.39, 0.29) is 6.04 Å². The zero-order valence-electron chi connectivity index (χ0n) is 11.4. The molecule has 0 bridgehead atoms. The number of halogens is 1. The summed E-state index contributed by atoms with van der Waals surface area (Å²) < 4.78 is 3.85. The highest BCUT2D eigenvalue weighted by molar-refractivity contribution is 6.31. The van der Waals surface area contributed by atoms with Gasteiger partial charge in [-0.25, -0.2) is 10.4 Å². The van der Waals surface area contributed by atoms with E-state index < -0.39 is 0 Å². The third-order valence-corrected chi connectivity index (χ3v) is 3.71. The van der Waals surface area contributed by atoms with E-state index in [0.29, 0.717) is 11.4 Å². The maximum Gasteiger partial charge on any atom is 0.127 e. The summed E-state index contributed by atoms with van der Waals surface area (Å²) in [4.78, 5) is 4.32. The third-order valence-electron chi connectivity index (χ3n) is 3.22. The van der Waals surface area contributed by atoms with Crippen LogP contribution < -0.4 is 11.3 Å². The van der Waals surface area contributed by atoms with Crippen molar-refractivity contribution >= 4 is 11.6 Å². The normalized spacial score (nSPS) is 12.9. The Labute approximate surface area is 117 Å². The molecule has 0 aliphatic heterocycles. The van der Waals surface area contributed by atoms with Crippen molar-refractivity contribution in [1.82, 2.24) is 24.8 Å². The first kappa shape index (κ1) is 14.0. The first-order chi connectivity index (χ1) is 9.08. The fraction of sp³-hybridized carbons (Fsp3) is 0.500. The van der Waals surface area contributed by atoms with Gasteiger partial charge in [0.05, 0.1) is 22.5 Å². The zero-order chi connectivity index (χ0) is 14.0. The molecule has 2 rings (SSSR count). The fourth-order valence-electron chi connectivity index (χ4n) is 2.20. The lowest BCUT2D eigenvalue weighted by Gasteiger charge is -2.16. The first-order valence-corrected chi connectivity index (χ1v) is 6.61. The summed E-state index contributed by atoms with van der Waals surface area (Å²) in [5.41, 5.74) is 4.62. The molecule has 19 heavy (non-hydrogen) atoms. The van der Waals surface area contributed by atoms with Gasteiger partial charge < -0.3 is 4.57 Å². The summed E-state index contributed by atoms with van der Waals surface area (Å²) in [7, 11) is 1.94. The number of aromatic nitrogens is 4. The molecule has 0 amide bonds. The molecule has 2 aromatic rings. The average Bonchev–Trinajstić information content (AvgIpc) is 2.93. The van der Waals surface area contributed by atoms with Gasteiger partial charge >= 0.3 is 0 Å². The molecular formula is C12H19ClN6. The predicted molar refractivity (Wildman–Crippen MR) is 74.6 cm³/mol. The molecule has 104 valence electrons. The number of hydrogen-bond acceptors (Lipinski definition) is 4. The van der Waals surface area contributed by atoms with Gasteiger partial charge in [-0.3, -0.25) is 10.5 Å². The van der Waals surface area contributed by atoms with Crippen LogP contribution >= 0.6 is 11.6 Å². The second-order valence-electron chi connectivity index (χ2n) is 4.48. The Kier molecular flexibility index (Phi) is 4.24. The Balaban J connectivity index is 2.31. The minimum absolute atomic E-state index is 0.0982. The van der Waals surface area contributed by atoms with E-state index in [4.69, 9.17) is 17.4 Å². The number of hydrazine groups is 1. The maximum atomic E-state index is 6.32. The summed E-state index contributed by atoms with van der Waals surface area (Å²) in [5.74, 6) is 6.53. The number of rotatable bonds is 5. The molecule has 0 saturated carbocycles. The molecule has 0 aliphatic carbocycles. The van der Waals surface area contributed by atoms with Crippen molar-refractivity contribution in [3.8, 4) is 0 Å². The lowest BCUT2D eigenvalue weighted by atomic mass is 10.1. The second-order valence-corrected chi connectivity index (χ2v) is 4.86. The van der Waals surface area contributed by atoms with Crippen molar-refractivity contribution in [1.29, 1.82) is 0 Å². The number of hydrogen-bond donors (Lipinski definition) is 2.